The number of non-ortho nitro benzene ring substituents is 1. The Morgan fingerprint density at radius 3 is 2.45 bits per heavy atom. The molecule has 0 heterocycles. The van der Waals surface area contributed by atoms with Crippen LogP contribution in [-0.2, 0) is 4.79 Å². The minimum Gasteiger partial charge on any atom is -0.303 e. The lowest BCUT2D eigenvalue weighted by atomic mass is 9.89. The summed E-state index contributed by atoms with van der Waals surface area (Å²) in [6.07, 6.45) is 1.13. The van der Waals surface area contributed by atoms with Crippen LogP contribution >= 0.6 is 15.9 Å². The summed E-state index contributed by atoms with van der Waals surface area (Å²) in [7, 11) is 0. The molecule has 0 aromatic heterocycles. The summed E-state index contributed by atoms with van der Waals surface area (Å²) in [6.45, 7) is 0. The van der Waals surface area contributed by atoms with Gasteiger partial charge in [-0.3, -0.25) is 10.1 Å². The van der Waals surface area contributed by atoms with Crippen molar-refractivity contribution in [3.05, 3.63) is 74.2 Å². The van der Waals surface area contributed by atoms with Gasteiger partial charge in [-0.25, -0.2) is 0 Å². The molecule has 0 saturated carbocycles. The number of rotatable bonds is 5. The summed E-state index contributed by atoms with van der Waals surface area (Å²) in [4.78, 5) is 21.3. The Balaban J connectivity index is 2.42. The summed E-state index contributed by atoms with van der Waals surface area (Å²) >= 11 is 3.36. The maximum absolute atomic E-state index is 10.9. The maximum Gasteiger partial charge on any atom is 0.269 e. The summed E-state index contributed by atoms with van der Waals surface area (Å²) < 4.78 is 0.949. The number of hydrogen-bond donors (Lipinski definition) is 0. The molecule has 0 bridgehead atoms. The second-order valence-corrected chi connectivity index (χ2v) is 5.27. The van der Waals surface area contributed by atoms with Gasteiger partial charge in [-0.1, -0.05) is 40.2 Å². The van der Waals surface area contributed by atoms with E-state index in [0.29, 0.717) is 6.42 Å². The molecule has 20 heavy (non-hydrogen) atoms. The Hall–Kier alpha value is -2.01. The Morgan fingerprint density at radius 1 is 1.15 bits per heavy atom. The number of carbonyl (C=O) groups is 1. The number of aldehydes is 1. The van der Waals surface area contributed by atoms with E-state index in [2.05, 4.69) is 15.9 Å². The van der Waals surface area contributed by atoms with E-state index in [-0.39, 0.29) is 11.6 Å². The topological polar surface area (TPSA) is 60.2 Å². The molecule has 0 radical (unpaired) electrons. The number of hydrogen-bond acceptors (Lipinski definition) is 3. The van der Waals surface area contributed by atoms with Crippen LogP contribution in [0.5, 0.6) is 0 Å². The van der Waals surface area contributed by atoms with Gasteiger partial charge in [0.1, 0.15) is 6.29 Å². The largest absolute Gasteiger partial charge is 0.303 e. The van der Waals surface area contributed by atoms with Crippen LogP contribution < -0.4 is 0 Å². The van der Waals surface area contributed by atoms with Crippen LogP contribution in [0.25, 0.3) is 0 Å². The van der Waals surface area contributed by atoms with E-state index in [0.717, 1.165) is 21.9 Å². The SMILES string of the molecule is O=CC[C@H](c1ccc(Br)cc1)c1cccc([N+](=O)[O-])c1. The third kappa shape index (κ3) is 3.30. The monoisotopic (exact) mass is 333 g/mol. The molecule has 5 heteroatoms. The van der Waals surface area contributed by atoms with Gasteiger partial charge in [0.15, 0.2) is 0 Å². The molecule has 2 rings (SSSR count). The van der Waals surface area contributed by atoms with E-state index < -0.39 is 4.92 Å². The predicted molar refractivity (Wildman–Crippen MR) is 79.8 cm³/mol. The van der Waals surface area contributed by atoms with E-state index >= 15 is 0 Å². The molecular formula is C15H12BrNO3. The van der Waals surface area contributed by atoms with Crippen molar-refractivity contribution < 1.29 is 9.72 Å². The zero-order chi connectivity index (χ0) is 14.5. The van der Waals surface area contributed by atoms with Gasteiger partial charge in [-0.05, 0) is 23.3 Å². The third-order valence-corrected chi connectivity index (χ3v) is 3.62. The van der Waals surface area contributed by atoms with Gasteiger partial charge < -0.3 is 4.79 Å². The van der Waals surface area contributed by atoms with Crippen LogP contribution in [0.3, 0.4) is 0 Å². The average molecular weight is 334 g/mol. The standard InChI is InChI=1S/C15H12BrNO3/c16-13-6-4-11(5-7-13)15(8-9-18)12-2-1-3-14(10-12)17(19)20/h1-7,9-10,15H,8H2/t15-/m1/s1. The second kappa shape index (κ2) is 6.43. The van der Waals surface area contributed by atoms with Gasteiger partial charge in [-0.15, -0.1) is 0 Å². The minimum atomic E-state index is -0.428. The first-order valence-corrected chi connectivity index (χ1v) is 6.84. The summed E-state index contributed by atoms with van der Waals surface area (Å²) in [5.41, 5.74) is 1.77. The highest BCUT2D eigenvalue weighted by Crippen LogP contribution is 2.30. The minimum absolute atomic E-state index is 0.0375. The van der Waals surface area contributed by atoms with Crippen molar-refractivity contribution in [2.45, 2.75) is 12.3 Å². The lowest BCUT2D eigenvalue weighted by molar-refractivity contribution is -0.384. The van der Waals surface area contributed by atoms with Crippen molar-refractivity contribution in [1.82, 2.24) is 0 Å². The van der Waals surface area contributed by atoms with E-state index in [1.54, 1.807) is 6.07 Å². The molecule has 1 atom stereocenters. The summed E-state index contributed by atoms with van der Waals surface area (Å²) in [6, 6.07) is 14.0. The molecule has 0 aliphatic heterocycles. The molecule has 0 spiro atoms. The van der Waals surface area contributed by atoms with Crippen molar-refractivity contribution >= 4 is 27.9 Å². The van der Waals surface area contributed by atoms with Crippen LogP contribution in [0.1, 0.15) is 23.5 Å². The zero-order valence-corrected chi connectivity index (χ0v) is 12.1. The number of carbonyl (C=O) groups excluding carboxylic acids is 1. The average Bonchev–Trinajstić information content (AvgIpc) is 2.46. The molecule has 0 fully saturated rings. The number of halogens is 1. The van der Waals surface area contributed by atoms with E-state index in [9.17, 15) is 14.9 Å². The molecule has 2 aromatic rings. The molecule has 0 unspecified atom stereocenters. The lowest BCUT2D eigenvalue weighted by Crippen LogP contribution is -2.02. The van der Waals surface area contributed by atoms with Crippen molar-refractivity contribution in [1.29, 1.82) is 0 Å². The van der Waals surface area contributed by atoms with Crippen molar-refractivity contribution in [2.75, 3.05) is 0 Å². The molecular weight excluding hydrogens is 322 g/mol. The van der Waals surface area contributed by atoms with Gasteiger partial charge in [-0.2, -0.15) is 0 Å². The first-order valence-electron chi connectivity index (χ1n) is 6.05. The Kier molecular flexibility index (Phi) is 4.63. The van der Waals surface area contributed by atoms with Gasteiger partial charge in [0.25, 0.3) is 5.69 Å². The number of nitro groups is 1. The fourth-order valence-electron chi connectivity index (χ4n) is 2.11. The van der Waals surface area contributed by atoms with Gasteiger partial charge in [0.05, 0.1) is 4.92 Å². The predicted octanol–water partition coefficient (Wildman–Crippen LogP) is 4.08. The van der Waals surface area contributed by atoms with E-state index in [1.165, 1.54) is 12.1 Å². The molecule has 4 nitrogen and oxygen atoms in total. The van der Waals surface area contributed by atoms with E-state index in [4.69, 9.17) is 0 Å². The Bertz CT molecular complexity index is 625. The first-order chi connectivity index (χ1) is 9.61. The summed E-state index contributed by atoms with van der Waals surface area (Å²) in [5.74, 6) is -0.166. The van der Waals surface area contributed by atoms with Gasteiger partial charge >= 0.3 is 0 Å². The number of nitrogens with zero attached hydrogens (tertiary/aromatic N) is 1. The Labute approximate surface area is 124 Å². The zero-order valence-electron chi connectivity index (χ0n) is 10.5. The van der Waals surface area contributed by atoms with E-state index in [1.807, 2.05) is 30.3 Å². The van der Waals surface area contributed by atoms with Gasteiger partial charge in [0, 0.05) is 28.9 Å². The molecule has 0 amide bonds. The smallest absolute Gasteiger partial charge is 0.269 e. The first kappa shape index (κ1) is 14.4. The molecule has 0 saturated heterocycles. The molecule has 102 valence electrons. The molecule has 0 aliphatic carbocycles. The van der Waals surface area contributed by atoms with Crippen LogP contribution in [0, 0.1) is 10.1 Å². The maximum atomic E-state index is 10.9. The van der Waals surface area contributed by atoms with Crippen molar-refractivity contribution in [3.63, 3.8) is 0 Å². The second-order valence-electron chi connectivity index (χ2n) is 4.36. The molecule has 2 aromatic carbocycles. The van der Waals surface area contributed by atoms with Crippen LogP contribution in [0.2, 0.25) is 0 Å². The normalized spacial score (nSPS) is 11.8. The van der Waals surface area contributed by atoms with Crippen LogP contribution in [-0.4, -0.2) is 11.2 Å². The molecule has 0 N–H and O–H groups in total. The number of nitro benzene ring substituents is 1. The summed E-state index contributed by atoms with van der Waals surface area (Å²) in [5, 5.41) is 10.8. The van der Waals surface area contributed by atoms with Gasteiger partial charge in [0.2, 0.25) is 0 Å². The highest BCUT2D eigenvalue weighted by atomic mass is 79.9. The highest BCUT2D eigenvalue weighted by molar-refractivity contribution is 9.10. The fourth-order valence-corrected chi connectivity index (χ4v) is 2.38. The number of benzene rings is 2. The van der Waals surface area contributed by atoms with Crippen molar-refractivity contribution in [2.24, 2.45) is 0 Å². The van der Waals surface area contributed by atoms with Crippen molar-refractivity contribution in [3.8, 4) is 0 Å². The fraction of sp³-hybridized carbons (Fsp3) is 0.133. The van der Waals surface area contributed by atoms with Crippen LogP contribution in [0.4, 0.5) is 5.69 Å². The third-order valence-electron chi connectivity index (χ3n) is 3.09. The quantitative estimate of drug-likeness (QED) is 0.470. The lowest BCUT2D eigenvalue weighted by Gasteiger charge is -2.15. The Morgan fingerprint density at radius 2 is 1.85 bits per heavy atom. The highest BCUT2D eigenvalue weighted by Gasteiger charge is 2.16. The van der Waals surface area contributed by atoms with Crippen LogP contribution in [0.15, 0.2) is 53.0 Å². The molecule has 0 aliphatic rings.